The molecule has 1 heterocycles. The van der Waals surface area contributed by atoms with Gasteiger partial charge < -0.3 is 10.1 Å². The van der Waals surface area contributed by atoms with Crippen molar-refractivity contribution in [2.75, 3.05) is 12.4 Å². The summed E-state index contributed by atoms with van der Waals surface area (Å²) in [6, 6.07) is 16.4. The first-order chi connectivity index (χ1) is 9.85. The molecule has 0 saturated carbocycles. The number of nitrogens with one attached hydrogen (secondary N) is 1. The number of rotatable bonds is 4. The van der Waals surface area contributed by atoms with E-state index in [1.165, 1.54) is 10.9 Å². The second-order valence-corrected chi connectivity index (χ2v) is 4.64. The van der Waals surface area contributed by atoms with Crippen LogP contribution in [0, 0.1) is 0 Å². The van der Waals surface area contributed by atoms with Gasteiger partial charge in [-0.15, -0.1) is 0 Å². The molecular weight excluding hydrogens is 248 g/mol. The highest BCUT2D eigenvalue weighted by Crippen LogP contribution is 2.19. The highest BCUT2D eigenvalue weighted by Gasteiger charge is 1.98. The minimum Gasteiger partial charge on any atom is -0.497 e. The standard InChI is InChI=1S/C17H16N2O/c1-20-17-4-2-3-16(10-17)19-11-13-5-6-15-12-18-8-7-14(15)9-13/h2-10,12,19H,11H2,1H3. The summed E-state index contributed by atoms with van der Waals surface area (Å²) in [7, 11) is 1.68. The number of ether oxygens (including phenoxy) is 1. The van der Waals surface area contributed by atoms with Crippen molar-refractivity contribution in [3.8, 4) is 5.75 Å². The summed E-state index contributed by atoms with van der Waals surface area (Å²) < 4.78 is 5.22. The van der Waals surface area contributed by atoms with Crippen molar-refractivity contribution in [1.82, 2.24) is 4.98 Å². The van der Waals surface area contributed by atoms with Gasteiger partial charge >= 0.3 is 0 Å². The van der Waals surface area contributed by atoms with Crippen LogP contribution in [0.15, 0.2) is 60.9 Å². The molecular formula is C17H16N2O. The molecule has 0 unspecified atom stereocenters. The fourth-order valence-corrected chi connectivity index (χ4v) is 2.18. The molecule has 0 fully saturated rings. The number of fused-ring (bicyclic) bond motifs is 1. The molecule has 1 N–H and O–H groups in total. The lowest BCUT2D eigenvalue weighted by Gasteiger charge is -2.09. The summed E-state index contributed by atoms with van der Waals surface area (Å²) in [6.07, 6.45) is 3.70. The molecule has 0 atom stereocenters. The van der Waals surface area contributed by atoms with E-state index in [1.807, 2.05) is 42.7 Å². The third-order valence-electron chi connectivity index (χ3n) is 3.27. The van der Waals surface area contributed by atoms with Gasteiger partial charge in [0, 0.05) is 36.1 Å². The van der Waals surface area contributed by atoms with Gasteiger partial charge in [0.2, 0.25) is 0 Å². The van der Waals surface area contributed by atoms with E-state index in [2.05, 4.69) is 28.5 Å². The van der Waals surface area contributed by atoms with Crippen LogP contribution in [-0.4, -0.2) is 12.1 Å². The third-order valence-corrected chi connectivity index (χ3v) is 3.27. The Hall–Kier alpha value is -2.55. The molecule has 1 aromatic heterocycles. The van der Waals surface area contributed by atoms with Gasteiger partial charge in [0.1, 0.15) is 5.75 Å². The smallest absolute Gasteiger partial charge is 0.120 e. The minimum absolute atomic E-state index is 0.783. The molecule has 100 valence electrons. The van der Waals surface area contributed by atoms with Crippen LogP contribution in [0.2, 0.25) is 0 Å². The lowest BCUT2D eigenvalue weighted by Crippen LogP contribution is -1.99. The molecule has 20 heavy (non-hydrogen) atoms. The van der Waals surface area contributed by atoms with Crippen LogP contribution in [0.1, 0.15) is 5.56 Å². The molecule has 0 amide bonds. The fraction of sp³-hybridized carbons (Fsp3) is 0.118. The third kappa shape index (κ3) is 2.72. The number of anilines is 1. The van der Waals surface area contributed by atoms with E-state index in [-0.39, 0.29) is 0 Å². The van der Waals surface area contributed by atoms with E-state index in [4.69, 9.17) is 4.74 Å². The van der Waals surface area contributed by atoms with Gasteiger partial charge in [-0.05, 0) is 35.2 Å². The zero-order valence-corrected chi connectivity index (χ0v) is 11.3. The first-order valence-electron chi connectivity index (χ1n) is 6.56. The quantitative estimate of drug-likeness (QED) is 0.777. The molecule has 3 heteroatoms. The number of hydrogen-bond donors (Lipinski definition) is 1. The fourth-order valence-electron chi connectivity index (χ4n) is 2.18. The summed E-state index contributed by atoms with van der Waals surface area (Å²) in [6.45, 7) is 0.783. The largest absolute Gasteiger partial charge is 0.497 e. The summed E-state index contributed by atoms with van der Waals surface area (Å²) in [5.74, 6) is 0.861. The molecule has 0 aliphatic rings. The average Bonchev–Trinajstić information content (AvgIpc) is 2.53. The van der Waals surface area contributed by atoms with E-state index in [1.54, 1.807) is 7.11 Å². The Labute approximate surface area is 118 Å². The van der Waals surface area contributed by atoms with E-state index in [9.17, 15) is 0 Å². The predicted molar refractivity (Wildman–Crippen MR) is 82.1 cm³/mol. The molecule has 0 bridgehead atoms. The Kier molecular flexibility index (Phi) is 3.50. The first-order valence-corrected chi connectivity index (χ1v) is 6.56. The van der Waals surface area contributed by atoms with Crippen LogP contribution in [0.3, 0.4) is 0 Å². The van der Waals surface area contributed by atoms with Crippen LogP contribution in [0.4, 0.5) is 5.69 Å². The molecule has 3 rings (SSSR count). The molecule has 3 nitrogen and oxygen atoms in total. The summed E-state index contributed by atoms with van der Waals surface area (Å²) in [4.78, 5) is 4.13. The van der Waals surface area contributed by atoms with E-state index >= 15 is 0 Å². The van der Waals surface area contributed by atoms with E-state index in [0.717, 1.165) is 23.4 Å². The minimum atomic E-state index is 0.783. The Morgan fingerprint density at radius 1 is 1.05 bits per heavy atom. The maximum Gasteiger partial charge on any atom is 0.120 e. The lowest BCUT2D eigenvalue weighted by atomic mass is 10.1. The van der Waals surface area contributed by atoms with Gasteiger partial charge in [0.15, 0.2) is 0 Å². The number of methoxy groups -OCH3 is 1. The molecule has 0 aliphatic carbocycles. The van der Waals surface area contributed by atoms with Crippen molar-refractivity contribution >= 4 is 16.5 Å². The summed E-state index contributed by atoms with van der Waals surface area (Å²) in [5.41, 5.74) is 2.30. The van der Waals surface area contributed by atoms with Gasteiger partial charge in [-0.3, -0.25) is 4.98 Å². The van der Waals surface area contributed by atoms with Crippen LogP contribution < -0.4 is 10.1 Å². The van der Waals surface area contributed by atoms with E-state index < -0.39 is 0 Å². The summed E-state index contributed by atoms with van der Waals surface area (Å²) in [5, 5.41) is 5.78. The van der Waals surface area contributed by atoms with Crippen LogP contribution in [-0.2, 0) is 6.54 Å². The number of nitrogens with zero attached hydrogens (tertiary/aromatic N) is 1. The molecule has 0 radical (unpaired) electrons. The molecule has 0 saturated heterocycles. The second kappa shape index (κ2) is 5.61. The Bertz CT molecular complexity index is 725. The van der Waals surface area contributed by atoms with Gasteiger partial charge in [-0.1, -0.05) is 18.2 Å². The zero-order valence-electron chi connectivity index (χ0n) is 11.3. The predicted octanol–water partition coefficient (Wildman–Crippen LogP) is 3.86. The van der Waals surface area contributed by atoms with Gasteiger partial charge in [0.05, 0.1) is 7.11 Å². The summed E-state index contributed by atoms with van der Waals surface area (Å²) >= 11 is 0. The second-order valence-electron chi connectivity index (χ2n) is 4.64. The molecule has 0 spiro atoms. The van der Waals surface area contributed by atoms with Gasteiger partial charge in [-0.2, -0.15) is 0 Å². The van der Waals surface area contributed by atoms with Gasteiger partial charge in [-0.25, -0.2) is 0 Å². The first kappa shape index (κ1) is 12.5. The van der Waals surface area contributed by atoms with Crippen molar-refractivity contribution in [2.45, 2.75) is 6.54 Å². The number of benzene rings is 2. The Morgan fingerprint density at radius 2 is 2.00 bits per heavy atom. The van der Waals surface area contributed by atoms with Crippen LogP contribution in [0.5, 0.6) is 5.75 Å². The maximum atomic E-state index is 5.22. The van der Waals surface area contributed by atoms with Crippen molar-refractivity contribution in [3.63, 3.8) is 0 Å². The number of aromatic nitrogens is 1. The molecule has 2 aromatic carbocycles. The topological polar surface area (TPSA) is 34.1 Å². The van der Waals surface area contributed by atoms with Crippen molar-refractivity contribution in [1.29, 1.82) is 0 Å². The van der Waals surface area contributed by atoms with Gasteiger partial charge in [0.25, 0.3) is 0 Å². The van der Waals surface area contributed by atoms with Crippen molar-refractivity contribution < 1.29 is 4.74 Å². The number of pyridine rings is 1. The lowest BCUT2D eigenvalue weighted by molar-refractivity contribution is 0.415. The molecule has 0 aliphatic heterocycles. The van der Waals surface area contributed by atoms with Crippen molar-refractivity contribution in [3.05, 3.63) is 66.5 Å². The SMILES string of the molecule is COc1cccc(NCc2ccc3cnccc3c2)c1. The average molecular weight is 264 g/mol. The van der Waals surface area contributed by atoms with Crippen LogP contribution >= 0.6 is 0 Å². The Balaban J connectivity index is 1.76. The van der Waals surface area contributed by atoms with Crippen molar-refractivity contribution in [2.24, 2.45) is 0 Å². The normalized spacial score (nSPS) is 10.4. The monoisotopic (exact) mass is 264 g/mol. The molecule has 3 aromatic rings. The zero-order chi connectivity index (χ0) is 13.8. The highest BCUT2D eigenvalue weighted by atomic mass is 16.5. The van der Waals surface area contributed by atoms with Crippen LogP contribution in [0.25, 0.3) is 10.8 Å². The number of hydrogen-bond acceptors (Lipinski definition) is 3. The highest BCUT2D eigenvalue weighted by molar-refractivity contribution is 5.82. The Morgan fingerprint density at radius 3 is 2.90 bits per heavy atom. The maximum absolute atomic E-state index is 5.22. The van der Waals surface area contributed by atoms with E-state index in [0.29, 0.717) is 0 Å².